The molecule has 2 aliphatic carbocycles. The van der Waals surface area contributed by atoms with Crippen molar-refractivity contribution in [1.29, 1.82) is 0 Å². The van der Waals surface area contributed by atoms with Gasteiger partial charge in [-0.05, 0) is 76.8 Å². The van der Waals surface area contributed by atoms with Gasteiger partial charge in [0.15, 0.2) is 0 Å². The zero-order valence-corrected chi connectivity index (χ0v) is 15.3. The molecule has 1 aromatic rings. The molecule has 0 bridgehead atoms. The van der Waals surface area contributed by atoms with E-state index in [1.165, 1.54) is 28.7 Å². The van der Waals surface area contributed by atoms with Gasteiger partial charge in [0.05, 0.1) is 2.88 Å². The lowest BCUT2D eigenvalue weighted by Crippen LogP contribution is -2.27. The standard InChI is InChI=1S/C16H24INS/c1-15(2)13(16(15,3)4)9-18-11-6-5-7-12-10(11)8-14(17)19-12/h8,11,13,18H,5-7,9H2,1-4H3. The van der Waals surface area contributed by atoms with Crippen molar-refractivity contribution < 1.29 is 0 Å². The quantitative estimate of drug-likeness (QED) is 0.718. The highest BCUT2D eigenvalue weighted by Gasteiger charge is 2.63. The predicted octanol–water partition coefficient (Wildman–Crippen LogP) is 5.00. The van der Waals surface area contributed by atoms with Gasteiger partial charge in [-0.15, -0.1) is 11.3 Å². The van der Waals surface area contributed by atoms with E-state index in [4.69, 9.17) is 0 Å². The summed E-state index contributed by atoms with van der Waals surface area (Å²) in [7, 11) is 0. The van der Waals surface area contributed by atoms with Crippen molar-refractivity contribution in [2.24, 2.45) is 16.7 Å². The lowest BCUT2D eigenvalue weighted by atomic mass is 9.94. The molecule has 19 heavy (non-hydrogen) atoms. The Labute approximate surface area is 134 Å². The van der Waals surface area contributed by atoms with Crippen molar-refractivity contribution in [1.82, 2.24) is 5.32 Å². The summed E-state index contributed by atoms with van der Waals surface area (Å²) in [5, 5.41) is 3.87. The number of thiophene rings is 1. The molecule has 2 aliphatic rings. The Hall–Kier alpha value is 0.390. The van der Waals surface area contributed by atoms with Crippen molar-refractivity contribution in [3.63, 3.8) is 0 Å². The molecule has 1 nitrogen and oxygen atoms in total. The Balaban J connectivity index is 1.66. The van der Waals surface area contributed by atoms with Gasteiger partial charge < -0.3 is 5.32 Å². The van der Waals surface area contributed by atoms with E-state index >= 15 is 0 Å². The average Bonchev–Trinajstić information content (AvgIpc) is 2.62. The Kier molecular flexibility index (Phi) is 3.55. The normalized spacial score (nSPS) is 28.2. The third-order valence-corrected chi connectivity index (χ3v) is 7.94. The SMILES string of the molecule is CC1(C)C(CNC2CCCc3sc(I)cc32)C1(C)C. The van der Waals surface area contributed by atoms with Crippen LogP contribution in [-0.4, -0.2) is 6.54 Å². The molecule has 106 valence electrons. The maximum atomic E-state index is 3.87. The molecule has 3 rings (SSSR count). The fourth-order valence-electron chi connectivity index (χ4n) is 3.84. The minimum Gasteiger partial charge on any atom is -0.310 e. The molecule has 1 unspecified atom stereocenters. The van der Waals surface area contributed by atoms with Crippen LogP contribution in [0.5, 0.6) is 0 Å². The van der Waals surface area contributed by atoms with Crippen LogP contribution < -0.4 is 5.32 Å². The van der Waals surface area contributed by atoms with Crippen molar-refractivity contribution in [3.8, 4) is 0 Å². The molecule has 1 fully saturated rings. The van der Waals surface area contributed by atoms with Crippen LogP contribution in [0.15, 0.2) is 6.07 Å². The molecule has 0 amide bonds. The molecular formula is C16H24INS. The van der Waals surface area contributed by atoms with Crippen LogP contribution in [0.1, 0.15) is 57.0 Å². The predicted molar refractivity (Wildman–Crippen MR) is 91.8 cm³/mol. The van der Waals surface area contributed by atoms with Crippen LogP contribution in [0.4, 0.5) is 0 Å². The number of fused-ring (bicyclic) bond motifs is 1. The number of halogens is 1. The van der Waals surface area contributed by atoms with Gasteiger partial charge in [0.25, 0.3) is 0 Å². The van der Waals surface area contributed by atoms with Crippen molar-refractivity contribution in [3.05, 3.63) is 19.4 Å². The molecule has 0 radical (unpaired) electrons. The average molecular weight is 389 g/mol. The molecule has 0 saturated heterocycles. The molecular weight excluding hydrogens is 365 g/mol. The first-order valence-corrected chi connectivity index (χ1v) is 9.25. The Morgan fingerprint density at radius 3 is 2.63 bits per heavy atom. The lowest BCUT2D eigenvalue weighted by molar-refractivity contribution is 0.428. The summed E-state index contributed by atoms with van der Waals surface area (Å²) in [5.41, 5.74) is 2.60. The summed E-state index contributed by atoms with van der Waals surface area (Å²) in [6.45, 7) is 10.8. The summed E-state index contributed by atoms with van der Waals surface area (Å²) < 4.78 is 1.45. The summed E-state index contributed by atoms with van der Waals surface area (Å²) in [4.78, 5) is 1.63. The second-order valence-electron chi connectivity index (χ2n) is 7.28. The minimum absolute atomic E-state index is 0.501. The molecule has 0 aromatic carbocycles. The molecule has 1 aromatic heterocycles. The number of aryl methyl sites for hydroxylation is 1. The van der Waals surface area contributed by atoms with E-state index in [-0.39, 0.29) is 0 Å². The highest BCUT2D eigenvalue weighted by molar-refractivity contribution is 14.1. The van der Waals surface area contributed by atoms with Crippen LogP contribution in [0, 0.1) is 19.6 Å². The van der Waals surface area contributed by atoms with E-state index in [0.717, 1.165) is 5.92 Å². The minimum atomic E-state index is 0.501. The molecule has 3 heteroatoms. The van der Waals surface area contributed by atoms with Crippen LogP contribution in [-0.2, 0) is 6.42 Å². The first-order chi connectivity index (χ1) is 8.84. The second kappa shape index (κ2) is 4.70. The van der Waals surface area contributed by atoms with Crippen molar-refractivity contribution in [2.75, 3.05) is 6.54 Å². The molecule has 0 aliphatic heterocycles. The van der Waals surface area contributed by atoms with Gasteiger partial charge in [-0.1, -0.05) is 27.7 Å². The largest absolute Gasteiger partial charge is 0.310 e. The molecule has 1 atom stereocenters. The monoisotopic (exact) mass is 389 g/mol. The third kappa shape index (κ3) is 2.30. The molecule has 1 N–H and O–H groups in total. The van der Waals surface area contributed by atoms with E-state index in [1.54, 1.807) is 10.4 Å². The fourth-order valence-corrected chi connectivity index (χ4v) is 5.96. The van der Waals surface area contributed by atoms with Crippen LogP contribution in [0.3, 0.4) is 0 Å². The van der Waals surface area contributed by atoms with Gasteiger partial charge >= 0.3 is 0 Å². The van der Waals surface area contributed by atoms with Gasteiger partial charge in [-0.2, -0.15) is 0 Å². The maximum Gasteiger partial charge on any atom is 0.0659 e. The molecule has 1 saturated carbocycles. The highest BCUT2D eigenvalue weighted by atomic mass is 127. The van der Waals surface area contributed by atoms with Crippen LogP contribution in [0.2, 0.25) is 0 Å². The van der Waals surface area contributed by atoms with E-state index in [9.17, 15) is 0 Å². The number of nitrogens with one attached hydrogen (secondary N) is 1. The van der Waals surface area contributed by atoms with Gasteiger partial charge in [0, 0.05) is 10.9 Å². The zero-order chi connectivity index (χ0) is 13.8. The zero-order valence-electron chi connectivity index (χ0n) is 12.3. The van der Waals surface area contributed by atoms with Gasteiger partial charge in [0.1, 0.15) is 0 Å². The Morgan fingerprint density at radius 2 is 2.00 bits per heavy atom. The third-order valence-electron chi connectivity index (χ3n) is 5.97. The number of hydrogen-bond donors (Lipinski definition) is 1. The van der Waals surface area contributed by atoms with Crippen molar-refractivity contribution >= 4 is 33.9 Å². The Morgan fingerprint density at radius 1 is 1.32 bits per heavy atom. The summed E-state index contributed by atoms with van der Waals surface area (Å²) in [6.07, 6.45) is 3.95. The number of hydrogen-bond acceptors (Lipinski definition) is 2. The first-order valence-electron chi connectivity index (χ1n) is 7.35. The fraction of sp³-hybridized carbons (Fsp3) is 0.750. The van der Waals surface area contributed by atoms with Crippen molar-refractivity contribution in [2.45, 2.75) is 53.0 Å². The maximum absolute atomic E-state index is 3.87. The van der Waals surface area contributed by atoms with Crippen LogP contribution in [0.25, 0.3) is 0 Å². The second-order valence-corrected chi connectivity index (χ2v) is 10.3. The van der Waals surface area contributed by atoms with Gasteiger partial charge in [-0.25, -0.2) is 0 Å². The van der Waals surface area contributed by atoms with E-state index in [0.29, 0.717) is 16.9 Å². The topological polar surface area (TPSA) is 12.0 Å². The van der Waals surface area contributed by atoms with E-state index < -0.39 is 0 Å². The van der Waals surface area contributed by atoms with E-state index in [2.05, 4.69) is 61.7 Å². The van der Waals surface area contributed by atoms with Gasteiger partial charge in [-0.3, -0.25) is 0 Å². The van der Waals surface area contributed by atoms with Crippen LogP contribution >= 0.6 is 33.9 Å². The summed E-state index contributed by atoms with van der Waals surface area (Å²) in [5.74, 6) is 0.822. The number of rotatable bonds is 3. The van der Waals surface area contributed by atoms with Gasteiger partial charge in [0.2, 0.25) is 0 Å². The Bertz CT molecular complexity index is 475. The summed E-state index contributed by atoms with van der Waals surface area (Å²) in [6, 6.07) is 3.01. The molecule has 0 spiro atoms. The summed E-state index contributed by atoms with van der Waals surface area (Å²) >= 11 is 4.46. The first kappa shape index (κ1) is 14.3. The highest BCUT2D eigenvalue weighted by Crippen LogP contribution is 2.68. The smallest absolute Gasteiger partial charge is 0.0659 e. The lowest BCUT2D eigenvalue weighted by Gasteiger charge is -2.24. The molecule has 1 heterocycles. The van der Waals surface area contributed by atoms with E-state index in [1.807, 2.05) is 11.3 Å².